The van der Waals surface area contributed by atoms with Gasteiger partial charge in [0.05, 0.1) is 22.6 Å². The van der Waals surface area contributed by atoms with E-state index in [2.05, 4.69) is 10.6 Å². The average molecular weight is 357 g/mol. The third kappa shape index (κ3) is 3.40. The molecule has 5 heteroatoms. The molecule has 0 saturated carbocycles. The number of benzene rings is 3. The highest BCUT2D eigenvalue weighted by atomic mass is 16.2. The molecule has 0 radical (unpaired) electrons. The highest BCUT2D eigenvalue weighted by Gasteiger charge is 2.20. The number of fused-ring (bicyclic) bond motifs is 2. The van der Waals surface area contributed by atoms with Crippen LogP contribution in [0.2, 0.25) is 0 Å². The Kier molecular flexibility index (Phi) is 4.34. The number of anilines is 3. The van der Waals surface area contributed by atoms with E-state index in [-0.39, 0.29) is 11.8 Å². The zero-order chi connectivity index (χ0) is 18.8. The molecule has 3 aromatic rings. The van der Waals surface area contributed by atoms with Gasteiger partial charge in [-0.2, -0.15) is 0 Å². The lowest BCUT2D eigenvalue weighted by atomic mass is 10.1. The third-order valence-electron chi connectivity index (χ3n) is 4.57. The highest BCUT2D eigenvalue weighted by Crippen LogP contribution is 2.32. The summed E-state index contributed by atoms with van der Waals surface area (Å²) >= 11 is 0. The van der Waals surface area contributed by atoms with E-state index in [9.17, 15) is 9.59 Å². The van der Waals surface area contributed by atoms with Gasteiger partial charge in [0.15, 0.2) is 0 Å². The first kappa shape index (κ1) is 16.8. The fourth-order valence-electron chi connectivity index (χ4n) is 3.16. The van der Waals surface area contributed by atoms with Gasteiger partial charge in [0, 0.05) is 19.2 Å². The Bertz CT molecular complexity index is 1020. The molecule has 0 atom stereocenters. The minimum Gasteiger partial charge on any atom is -0.353 e. The zero-order valence-corrected chi connectivity index (χ0v) is 14.9. The number of carbonyl (C=O) groups is 2. The molecule has 0 saturated heterocycles. The van der Waals surface area contributed by atoms with Crippen LogP contribution in [0.4, 0.5) is 17.1 Å². The maximum Gasteiger partial charge on any atom is 0.257 e. The van der Waals surface area contributed by atoms with E-state index in [4.69, 9.17) is 0 Å². The van der Waals surface area contributed by atoms with Gasteiger partial charge < -0.3 is 15.5 Å². The van der Waals surface area contributed by atoms with Crippen molar-refractivity contribution in [2.75, 3.05) is 17.7 Å². The molecule has 0 spiro atoms. The largest absolute Gasteiger partial charge is 0.353 e. The Morgan fingerprint density at radius 2 is 1.59 bits per heavy atom. The molecule has 2 N–H and O–H groups in total. The Morgan fingerprint density at radius 1 is 0.852 bits per heavy atom. The predicted octanol–water partition coefficient (Wildman–Crippen LogP) is 4.27. The van der Waals surface area contributed by atoms with Crippen molar-refractivity contribution in [3.05, 3.63) is 89.5 Å². The van der Waals surface area contributed by atoms with Crippen LogP contribution in [-0.2, 0) is 6.54 Å². The van der Waals surface area contributed by atoms with Crippen LogP contribution in [0.5, 0.6) is 0 Å². The van der Waals surface area contributed by atoms with Crippen molar-refractivity contribution in [2.24, 2.45) is 0 Å². The maximum atomic E-state index is 12.8. The number of hydrogen-bond donors (Lipinski definition) is 2. The van der Waals surface area contributed by atoms with Gasteiger partial charge in [0.2, 0.25) is 0 Å². The molecular formula is C22H19N3O2. The van der Waals surface area contributed by atoms with E-state index in [1.165, 1.54) is 0 Å². The van der Waals surface area contributed by atoms with Crippen molar-refractivity contribution in [3.8, 4) is 0 Å². The van der Waals surface area contributed by atoms with Crippen LogP contribution in [-0.4, -0.2) is 23.8 Å². The molecule has 0 bridgehead atoms. The third-order valence-corrected chi connectivity index (χ3v) is 4.57. The highest BCUT2D eigenvalue weighted by molar-refractivity contribution is 6.12. The van der Waals surface area contributed by atoms with Crippen LogP contribution in [0.25, 0.3) is 0 Å². The van der Waals surface area contributed by atoms with Gasteiger partial charge in [-0.1, -0.05) is 42.5 Å². The average Bonchev–Trinajstić information content (AvgIpc) is 2.83. The second-order valence-corrected chi connectivity index (χ2v) is 6.53. The van der Waals surface area contributed by atoms with Crippen molar-refractivity contribution in [3.63, 3.8) is 0 Å². The van der Waals surface area contributed by atoms with Crippen molar-refractivity contribution < 1.29 is 9.59 Å². The van der Waals surface area contributed by atoms with Gasteiger partial charge in [-0.15, -0.1) is 0 Å². The van der Waals surface area contributed by atoms with E-state index in [1.807, 2.05) is 54.6 Å². The fourth-order valence-corrected chi connectivity index (χ4v) is 3.16. The molecule has 3 aromatic carbocycles. The smallest absolute Gasteiger partial charge is 0.257 e. The molecule has 0 aliphatic carbocycles. The molecule has 2 amide bonds. The number of hydrogen-bond acceptors (Lipinski definition) is 3. The van der Waals surface area contributed by atoms with E-state index in [0.29, 0.717) is 23.4 Å². The summed E-state index contributed by atoms with van der Waals surface area (Å²) in [6.45, 7) is 0.521. The van der Waals surface area contributed by atoms with E-state index in [0.717, 1.165) is 16.9 Å². The Hall–Kier alpha value is -3.60. The molecule has 134 valence electrons. The van der Waals surface area contributed by atoms with Gasteiger partial charge in [0.1, 0.15) is 0 Å². The van der Waals surface area contributed by atoms with Crippen molar-refractivity contribution >= 4 is 28.9 Å². The first-order valence-electron chi connectivity index (χ1n) is 8.72. The summed E-state index contributed by atoms with van der Waals surface area (Å²) in [6.07, 6.45) is 0. The van der Waals surface area contributed by atoms with Gasteiger partial charge in [-0.05, 0) is 35.9 Å². The van der Waals surface area contributed by atoms with Crippen LogP contribution >= 0.6 is 0 Å². The standard InChI is InChI=1S/C22H19N3O2/c1-25(14-15-7-3-2-4-8-15)22(27)16-11-12-19-20(13-16)24-21(26)17-9-5-6-10-18(17)23-19/h2-13,23H,14H2,1H3,(H,24,26). The van der Waals surface area contributed by atoms with Crippen molar-refractivity contribution in [2.45, 2.75) is 6.54 Å². The predicted molar refractivity (Wildman–Crippen MR) is 106 cm³/mol. The van der Waals surface area contributed by atoms with Crippen LogP contribution in [0.15, 0.2) is 72.8 Å². The first-order valence-corrected chi connectivity index (χ1v) is 8.72. The number of rotatable bonds is 3. The minimum atomic E-state index is -0.195. The summed E-state index contributed by atoms with van der Waals surface area (Å²) in [6, 6.07) is 22.5. The molecule has 1 aliphatic rings. The molecule has 0 fully saturated rings. The lowest BCUT2D eigenvalue weighted by molar-refractivity contribution is 0.0785. The fraction of sp³-hybridized carbons (Fsp3) is 0.0909. The van der Waals surface area contributed by atoms with Crippen molar-refractivity contribution in [1.82, 2.24) is 4.90 Å². The molecule has 1 heterocycles. The first-order chi connectivity index (χ1) is 13.1. The van der Waals surface area contributed by atoms with E-state index in [1.54, 1.807) is 30.1 Å². The Morgan fingerprint density at radius 3 is 2.41 bits per heavy atom. The monoisotopic (exact) mass is 357 g/mol. The number of carbonyl (C=O) groups excluding carboxylic acids is 2. The van der Waals surface area contributed by atoms with Gasteiger partial charge in [0.25, 0.3) is 11.8 Å². The van der Waals surface area contributed by atoms with Crippen molar-refractivity contribution in [1.29, 1.82) is 0 Å². The van der Waals surface area contributed by atoms with Crippen LogP contribution in [0.3, 0.4) is 0 Å². The quantitative estimate of drug-likeness (QED) is 0.736. The lowest BCUT2D eigenvalue weighted by Crippen LogP contribution is -2.26. The second kappa shape index (κ2) is 6.96. The van der Waals surface area contributed by atoms with Gasteiger partial charge >= 0.3 is 0 Å². The number of nitrogens with zero attached hydrogens (tertiary/aromatic N) is 1. The zero-order valence-electron chi connectivity index (χ0n) is 14.9. The molecular weight excluding hydrogens is 338 g/mol. The molecule has 0 unspecified atom stereocenters. The molecule has 1 aliphatic heterocycles. The Balaban J connectivity index is 1.59. The summed E-state index contributed by atoms with van der Waals surface area (Å²) < 4.78 is 0. The summed E-state index contributed by atoms with van der Waals surface area (Å²) in [5.74, 6) is -0.295. The summed E-state index contributed by atoms with van der Waals surface area (Å²) in [7, 11) is 1.77. The summed E-state index contributed by atoms with van der Waals surface area (Å²) in [4.78, 5) is 27.0. The summed E-state index contributed by atoms with van der Waals surface area (Å²) in [5.41, 5.74) is 4.26. The second-order valence-electron chi connectivity index (χ2n) is 6.53. The molecule has 27 heavy (non-hydrogen) atoms. The van der Waals surface area contributed by atoms with E-state index >= 15 is 0 Å². The molecule has 0 aromatic heterocycles. The van der Waals surface area contributed by atoms with E-state index < -0.39 is 0 Å². The SMILES string of the molecule is CN(Cc1ccccc1)C(=O)c1ccc2c(c1)NC(=O)c1ccccc1N2. The number of amides is 2. The number of para-hydroxylation sites is 1. The topological polar surface area (TPSA) is 61.4 Å². The minimum absolute atomic E-state index is 0.0994. The molecule has 4 rings (SSSR count). The van der Waals surface area contributed by atoms with Gasteiger partial charge in [-0.3, -0.25) is 9.59 Å². The van der Waals surface area contributed by atoms with Crippen LogP contribution in [0.1, 0.15) is 26.3 Å². The van der Waals surface area contributed by atoms with Crippen LogP contribution < -0.4 is 10.6 Å². The normalized spacial score (nSPS) is 12.1. The number of nitrogens with one attached hydrogen (secondary N) is 2. The van der Waals surface area contributed by atoms with Crippen LogP contribution in [0, 0.1) is 0 Å². The summed E-state index contributed by atoms with van der Waals surface area (Å²) in [5, 5.41) is 6.15. The van der Waals surface area contributed by atoms with Gasteiger partial charge in [-0.25, -0.2) is 0 Å². The molecule has 5 nitrogen and oxygen atoms in total. The lowest BCUT2D eigenvalue weighted by Gasteiger charge is -2.18. The maximum absolute atomic E-state index is 12.8. The Labute approximate surface area is 157 Å².